The summed E-state index contributed by atoms with van der Waals surface area (Å²) in [6.07, 6.45) is 3.03. The minimum absolute atomic E-state index is 0.0408. The van der Waals surface area contributed by atoms with Crippen LogP contribution in [-0.2, 0) is 11.3 Å². The van der Waals surface area contributed by atoms with Gasteiger partial charge in [-0.2, -0.15) is 14.6 Å². The zero-order chi connectivity index (χ0) is 34.9. The van der Waals surface area contributed by atoms with Crippen molar-refractivity contribution in [1.82, 2.24) is 34.3 Å². The molecule has 37 heavy (non-hydrogen) atoms. The molecule has 0 saturated carbocycles. The van der Waals surface area contributed by atoms with Gasteiger partial charge in [0.2, 0.25) is 11.8 Å². The first-order valence-electron chi connectivity index (χ1n) is 16.7. The number of methoxy groups -OCH3 is 1. The Balaban J connectivity index is 1.16. The zero-order valence-corrected chi connectivity index (χ0v) is 19.3. The van der Waals surface area contributed by atoms with Crippen molar-refractivity contribution < 1.29 is 29.0 Å². The molecule has 1 aliphatic heterocycles. The molecule has 1 fully saturated rings. The van der Waals surface area contributed by atoms with Gasteiger partial charge in [-0.1, -0.05) is 0 Å². The predicted octanol–water partition coefficient (Wildman–Crippen LogP) is 2.16. The van der Waals surface area contributed by atoms with E-state index in [-0.39, 0.29) is 37.9 Å². The number of aromatic nitrogens is 6. The Morgan fingerprint density at radius 3 is 2.76 bits per heavy atom. The van der Waals surface area contributed by atoms with Crippen LogP contribution in [0.25, 0.3) is 28.3 Å². The maximum absolute atomic E-state index is 8.76. The molecule has 0 radical (unpaired) electrons. The van der Waals surface area contributed by atoms with Crippen molar-refractivity contribution in [2.24, 2.45) is 0 Å². The molecular weight excluding hydrogens is 474 g/mol. The van der Waals surface area contributed by atoms with Crippen LogP contribution in [0.4, 0.5) is 11.6 Å². The number of fused-ring (bicyclic) bond motifs is 3. The molecule has 1 aromatic carbocycles. The maximum atomic E-state index is 8.76. The number of rotatable bonds is 9. The summed E-state index contributed by atoms with van der Waals surface area (Å²) < 4.78 is 105. The Bertz CT molecular complexity index is 1910. The Morgan fingerprint density at radius 1 is 1.11 bits per heavy atom. The lowest BCUT2D eigenvalue weighted by Gasteiger charge is -2.36. The smallest absolute Gasteiger partial charge is 0.225 e. The molecule has 12 heteroatoms. The molecule has 1 saturated heterocycles. The lowest BCUT2D eigenvalue weighted by atomic mass is 10.2. The summed E-state index contributed by atoms with van der Waals surface area (Å²) in [6.45, 7) is -11.3. The Morgan fingerprint density at radius 2 is 1.97 bits per heavy atom. The number of nitrogens with zero attached hydrogens (tertiary/aromatic N) is 8. The van der Waals surface area contributed by atoms with Crippen LogP contribution in [0.15, 0.2) is 53.3 Å². The van der Waals surface area contributed by atoms with E-state index in [1.807, 2.05) is 0 Å². The minimum Gasteiger partial charge on any atom is -0.491 e. The van der Waals surface area contributed by atoms with Crippen LogP contribution in [0.2, 0.25) is 0 Å². The number of furan rings is 1. The van der Waals surface area contributed by atoms with E-state index in [4.69, 9.17) is 30.0 Å². The first kappa shape index (κ1) is 14.0. The second kappa shape index (κ2) is 10.1. The van der Waals surface area contributed by atoms with Gasteiger partial charge >= 0.3 is 0 Å². The van der Waals surface area contributed by atoms with Crippen LogP contribution in [0, 0.1) is 0 Å². The van der Waals surface area contributed by atoms with Crippen molar-refractivity contribution in [3.8, 4) is 17.3 Å². The number of ether oxygens (including phenoxy) is 2. The van der Waals surface area contributed by atoms with Gasteiger partial charge in [0.1, 0.15) is 12.3 Å². The normalized spacial score (nSPS) is 22.9. The number of hydrogen-bond donors (Lipinski definition) is 1. The minimum atomic E-state index is -3.32. The summed E-state index contributed by atoms with van der Waals surface area (Å²) in [5, 5.41) is 9.27. The van der Waals surface area contributed by atoms with Crippen LogP contribution in [0.5, 0.6) is 5.75 Å². The summed E-state index contributed by atoms with van der Waals surface area (Å²) in [6, 6.07) is 8.83. The molecule has 0 spiro atoms. The molecule has 0 amide bonds. The summed E-state index contributed by atoms with van der Waals surface area (Å²) in [5.41, 5.74) is 7.31. The summed E-state index contributed by atoms with van der Waals surface area (Å²) >= 11 is 0. The van der Waals surface area contributed by atoms with Crippen molar-refractivity contribution in [2.45, 2.75) is 6.54 Å². The quantitative estimate of drug-likeness (QED) is 0.313. The highest BCUT2D eigenvalue weighted by Crippen LogP contribution is 2.24. The van der Waals surface area contributed by atoms with E-state index in [9.17, 15) is 0 Å². The largest absolute Gasteiger partial charge is 0.491 e. The van der Waals surface area contributed by atoms with Crippen molar-refractivity contribution in [3.05, 3.63) is 48.9 Å². The molecule has 5 aromatic rings. The average molecular weight is 515 g/mol. The number of piperazine rings is 1. The molecule has 192 valence electrons. The van der Waals surface area contributed by atoms with Crippen LogP contribution in [0.3, 0.4) is 0 Å². The molecule has 2 N–H and O–H groups in total. The summed E-state index contributed by atoms with van der Waals surface area (Å²) in [4.78, 5) is 11.5. The molecule has 12 nitrogen and oxygen atoms in total. The van der Waals surface area contributed by atoms with Crippen molar-refractivity contribution >= 4 is 28.3 Å². The van der Waals surface area contributed by atoms with E-state index in [1.165, 1.54) is 50.8 Å². The third kappa shape index (κ3) is 4.68. The first-order valence-corrected chi connectivity index (χ1v) is 11.2. The van der Waals surface area contributed by atoms with E-state index in [0.717, 1.165) is 4.90 Å². The van der Waals surface area contributed by atoms with Crippen molar-refractivity contribution in [3.63, 3.8) is 0 Å². The van der Waals surface area contributed by atoms with Crippen LogP contribution >= 0.6 is 0 Å². The second-order valence-corrected chi connectivity index (χ2v) is 7.95. The van der Waals surface area contributed by atoms with Gasteiger partial charge in [0.05, 0.1) is 40.5 Å². The Kier molecular flexibility index (Phi) is 3.80. The monoisotopic (exact) mass is 514 g/mol. The number of nitrogen functional groups attached to an aromatic ring is 1. The van der Waals surface area contributed by atoms with E-state index in [2.05, 4.69) is 24.9 Å². The predicted molar refractivity (Wildman–Crippen MR) is 139 cm³/mol. The Hall–Kier alpha value is -4.16. The van der Waals surface area contributed by atoms with Gasteiger partial charge in [-0.05, 0) is 36.4 Å². The van der Waals surface area contributed by atoms with Gasteiger partial charge in [-0.25, -0.2) is 9.67 Å². The van der Waals surface area contributed by atoms with Crippen LogP contribution in [0.1, 0.15) is 15.1 Å². The standard InChI is InChI=1S/C25H29N9O3/c1-35-15-16-36-19-6-4-18(5-7-19)32-11-8-31(9-12-32)10-13-33-23-20(17-27-33)24-28-22(21-3-2-14-37-21)30-34(24)25(26)29-23/h2-7,14,17H,8-13,15-16H2,1H3,(H2,26,29)/i1D3,8D2,9D2,15D2,16D2. The molecular formula is C25H29N9O3. The lowest BCUT2D eigenvalue weighted by Crippen LogP contribution is -2.47. The van der Waals surface area contributed by atoms with Gasteiger partial charge < -0.3 is 24.5 Å². The molecule has 4 aromatic heterocycles. The van der Waals surface area contributed by atoms with Gasteiger partial charge in [0, 0.05) is 50.8 Å². The highest BCUT2D eigenvalue weighted by atomic mass is 16.5. The fourth-order valence-electron chi connectivity index (χ4n) is 3.94. The number of nitrogens with two attached hydrogens (primary N) is 1. The molecule has 1 aliphatic rings. The number of hydrogen-bond acceptors (Lipinski definition) is 10. The van der Waals surface area contributed by atoms with Crippen LogP contribution in [-0.4, -0.2) is 87.0 Å². The molecule has 6 rings (SSSR count). The van der Waals surface area contributed by atoms with Gasteiger partial charge in [-0.3, -0.25) is 4.90 Å². The SMILES string of the molecule is [2H]C([2H])([2H])OC([2H])([2H])C([2H])([2H])Oc1ccc(N2CC([2H])([2H])N(CCn3ncc4c3nc(N)n3nc(-c5ccco5)nc43)C([2H])([2H])C2)cc1. The zero-order valence-electron chi connectivity index (χ0n) is 30.3. The lowest BCUT2D eigenvalue weighted by molar-refractivity contribution is 0.146. The van der Waals surface area contributed by atoms with E-state index in [1.54, 1.807) is 12.1 Å². The van der Waals surface area contributed by atoms with Crippen molar-refractivity contribution in [1.29, 1.82) is 0 Å². The molecule has 0 aliphatic carbocycles. The number of anilines is 2. The molecule has 0 bridgehead atoms. The topological polar surface area (TPSA) is 125 Å². The van der Waals surface area contributed by atoms with Crippen molar-refractivity contribution in [2.75, 3.05) is 63.4 Å². The van der Waals surface area contributed by atoms with Gasteiger partial charge in [0.25, 0.3) is 0 Å². The molecule has 0 atom stereocenters. The highest BCUT2D eigenvalue weighted by Gasteiger charge is 2.20. The molecule has 5 heterocycles. The van der Waals surface area contributed by atoms with E-state index >= 15 is 0 Å². The first-order chi connectivity index (χ1) is 22.3. The van der Waals surface area contributed by atoms with Gasteiger partial charge in [-0.15, -0.1) is 5.10 Å². The maximum Gasteiger partial charge on any atom is 0.225 e. The molecule has 0 unspecified atom stereocenters. The Labute approximate surface area is 228 Å². The van der Waals surface area contributed by atoms with Gasteiger partial charge in [0.15, 0.2) is 17.1 Å². The highest BCUT2D eigenvalue weighted by molar-refractivity contribution is 5.90. The van der Waals surface area contributed by atoms with E-state index < -0.39 is 33.1 Å². The fraction of sp³-hybridized carbons (Fsp3) is 0.360. The summed E-state index contributed by atoms with van der Waals surface area (Å²) in [7, 11) is -3.21. The average Bonchev–Trinajstić information content (AvgIpc) is 3.71. The second-order valence-electron chi connectivity index (χ2n) is 7.95. The van der Waals surface area contributed by atoms with Crippen LogP contribution < -0.4 is 15.4 Å². The third-order valence-electron chi connectivity index (χ3n) is 5.74. The van der Waals surface area contributed by atoms with E-state index in [0.29, 0.717) is 34.0 Å². The number of benzene rings is 1. The summed E-state index contributed by atoms with van der Waals surface area (Å²) in [5.74, 6) is 0.628. The fourth-order valence-corrected chi connectivity index (χ4v) is 3.94. The third-order valence-corrected chi connectivity index (χ3v) is 5.74.